The van der Waals surface area contributed by atoms with Crippen LogP contribution in [0.2, 0.25) is 0 Å². The molecule has 0 amide bonds. The van der Waals surface area contributed by atoms with Gasteiger partial charge < -0.3 is 15.1 Å². The minimum Gasteiger partial charge on any atom is -0.477 e. The Morgan fingerprint density at radius 3 is 2.74 bits per heavy atom. The molecule has 0 radical (unpaired) electrons. The molecule has 0 fully saturated rings. The third-order valence-corrected chi connectivity index (χ3v) is 2.90. The van der Waals surface area contributed by atoms with Crippen molar-refractivity contribution in [1.29, 1.82) is 0 Å². The summed E-state index contributed by atoms with van der Waals surface area (Å²) in [6.45, 7) is 0. The fourth-order valence-corrected chi connectivity index (χ4v) is 2.02. The Kier molecular flexibility index (Phi) is 2.42. The minimum absolute atomic E-state index is 0.0859. The number of ketones is 1. The van der Waals surface area contributed by atoms with Crippen LogP contribution in [0.25, 0.3) is 10.9 Å². The van der Waals surface area contributed by atoms with Gasteiger partial charge in [-0.25, -0.2) is 9.78 Å². The van der Waals surface area contributed by atoms with E-state index in [2.05, 4.69) is 15.0 Å². The van der Waals surface area contributed by atoms with Crippen molar-refractivity contribution in [3.8, 4) is 0 Å². The van der Waals surface area contributed by atoms with Crippen molar-refractivity contribution < 1.29 is 14.7 Å². The summed E-state index contributed by atoms with van der Waals surface area (Å²) >= 11 is 0. The number of hydrogen-bond acceptors (Lipinski definition) is 3. The molecular weight excluding hydrogens is 246 g/mol. The number of nitrogens with one attached hydrogen (secondary N) is 2. The maximum Gasteiger partial charge on any atom is 0.354 e. The first kappa shape index (κ1) is 11.2. The van der Waals surface area contributed by atoms with Crippen LogP contribution in [0.15, 0.2) is 36.8 Å². The molecule has 0 saturated carbocycles. The van der Waals surface area contributed by atoms with Gasteiger partial charge in [-0.2, -0.15) is 0 Å². The number of fused-ring (bicyclic) bond motifs is 1. The van der Waals surface area contributed by atoms with Crippen LogP contribution in [-0.4, -0.2) is 31.8 Å². The first-order chi connectivity index (χ1) is 9.18. The molecular formula is C13H9N3O3. The second kappa shape index (κ2) is 4.09. The fraction of sp³-hybridized carbons (Fsp3) is 0. The molecule has 0 spiro atoms. The molecule has 3 aromatic rings. The summed E-state index contributed by atoms with van der Waals surface area (Å²) in [4.78, 5) is 32.6. The third kappa shape index (κ3) is 1.70. The lowest BCUT2D eigenvalue weighted by Gasteiger charge is -1.97. The number of aromatic nitrogens is 3. The molecule has 0 aliphatic heterocycles. The maximum atomic E-state index is 12.3. The number of carboxylic acids is 1. The van der Waals surface area contributed by atoms with E-state index in [-0.39, 0.29) is 11.4 Å². The van der Waals surface area contributed by atoms with E-state index in [1.165, 1.54) is 6.33 Å². The Labute approximate surface area is 107 Å². The standard InChI is InChI=1S/C13H9N3O3/c17-12(10-11(13(18)19)16-6-15-10)8-5-14-9-4-2-1-3-7(8)9/h1-6,14H,(H,15,16)(H,18,19). The van der Waals surface area contributed by atoms with E-state index in [0.29, 0.717) is 5.56 Å². The van der Waals surface area contributed by atoms with Crippen LogP contribution in [0.3, 0.4) is 0 Å². The van der Waals surface area contributed by atoms with Crippen LogP contribution in [-0.2, 0) is 0 Å². The molecule has 3 N–H and O–H groups in total. The largest absolute Gasteiger partial charge is 0.477 e. The monoisotopic (exact) mass is 255 g/mol. The van der Waals surface area contributed by atoms with E-state index in [1.807, 2.05) is 18.2 Å². The highest BCUT2D eigenvalue weighted by atomic mass is 16.4. The number of benzene rings is 1. The zero-order valence-electron chi connectivity index (χ0n) is 9.68. The quantitative estimate of drug-likeness (QED) is 0.621. The number of carbonyl (C=O) groups excluding carboxylic acids is 1. The number of aromatic amines is 2. The van der Waals surface area contributed by atoms with Gasteiger partial charge in [-0.1, -0.05) is 18.2 Å². The summed E-state index contributed by atoms with van der Waals surface area (Å²) in [5, 5.41) is 9.73. The average Bonchev–Trinajstić information content (AvgIpc) is 3.05. The summed E-state index contributed by atoms with van der Waals surface area (Å²) in [5.74, 6) is -1.63. The highest BCUT2D eigenvalue weighted by Crippen LogP contribution is 2.21. The van der Waals surface area contributed by atoms with Crippen LogP contribution >= 0.6 is 0 Å². The summed E-state index contributed by atoms with van der Waals surface area (Å²) in [5.41, 5.74) is 0.941. The van der Waals surface area contributed by atoms with E-state index in [0.717, 1.165) is 10.9 Å². The molecule has 6 nitrogen and oxygen atoms in total. The Morgan fingerprint density at radius 2 is 1.95 bits per heavy atom. The van der Waals surface area contributed by atoms with Gasteiger partial charge in [-0.3, -0.25) is 4.79 Å². The van der Waals surface area contributed by atoms with Gasteiger partial charge >= 0.3 is 5.97 Å². The SMILES string of the molecule is O=C(O)c1[nH]cnc1C(=O)c1c[nH]c2ccccc12. The summed E-state index contributed by atoms with van der Waals surface area (Å²) in [6.07, 6.45) is 2.76. The number of aromatic carboxylic acids is 1. The van der Waals surface area contributed by atoms with Crippen LogP contribution in [0, 0.1) is 0 Å². The molecule has 0 aliphatic carbocycles. The number of nitrogens with zero attached hydrogens (tertiary/aromatic N) is 1. The average molecular weight is 255 g/mol. The van der Waals surface area contributed by atoms with E-state index in [1.54, 1.807) is 12.3 Å². The molecule has 3 rings (SSSR count). The first-order valence-electron chi connectivity index (χ1n) is 5.56. The van der Waals surface area contributed by atoms with Crippen LogP contribution in [0.4, 0.5) is 0 Å². The van der Waals surface area contributed by atoms with Gasteiger partial charge in [-0.15, -0.1) is 0 Å². The molecule has 1 aromatic carbocycles. The Morgan fingerprint density at radius 1 is 1.16 bits per heavy atom. The number of carbonyl (C=O) groups is 2. The van der Waals surface area contributed by atoms with Gasteiger partial charge in [-0.05, 0) is 6.07 Å². The van der Waals surface area contributed by atoms with E-state index >= 15 is 0 Å². The lowest BCUT2D eigenvalue weighted by Crippen LogP contribution is -2.09. The van der Waals surface area contributed by atoms with Crippen molar-refractivity contribution in [1.82, 2.24) is 15.0 Å². The number of hydrogen-bond donors (Lipinski definition) is 3. The molecule has 0 saturated heterocycles. The molecule has 0 unspecified atom stereocenters. The zero-order chi connectivity index (χ0) is 13.4. The van der Waals surface area contributed by atoms with Gasteiger partial charge in [0.25, 0.3) is 0 Å². The Bertz CT molecular complexity index is 785. The number of H-pyrrole nitrogens is 2. The second-order valence-corrected chi connectivity index (χ2v) is 4.01. The lowest BCUT2D eigenvalue weighted by atomic mass is 10.1. The predicted octanol–water partition coefficient (Wildman–Crippen LogP) is 1.82. The normalized spacial score (nSPS) is 10.7. The van der Waals surface area contributed by atoms with Crippen LogP contribution < -0.4 is 0 Å². The molecule has 0 atom stereocenters. The molecule has 6 heteroatoms. The van der Waals surface area contributed by atoms with Gasteiger partial charge in [0.15, 0.2) is 5.69 Å². The van der Waals surface area contributed by atoms with Crippen LogP contribution in [0.5, 0.6) is 0 Å². The lowest BCUT2D eigenvalue weighted by molar-refractivity contribution is 0.0687. The predicted molar refractivity (Wildman–Crippen MR) is 67.3 cm³/mol. The third-order valence-electron chi connectivity index (χ3n) is 2.90. The summed E-state index contributed by atoms with van der Waals surface area (Å²) < 4.78 is 0. The maximum absolute atomic E-state index is 12.3. The minimum atomic E-state index is -1.21. The van der Waals surface area contributed by atoms with Crippen molar-refractivity contribution in [2.24, 2.45) is 0 Å². The number of imidazole rings is 1. The van der Waals surface area contributed by atoms with E-state index in [9.17, 15) is 9.59 Å². The molecule has 0 aliphatic rings. The van der Waals surface area contributed by atoms with Gasteiger partial charge in [0.2, 0.25) is 5.78 Å². The molecule has 94 valence electrons. The van der Waals surface area contributed by atoms with E-state index in [4.69, 9.17) is 5.11 Å². The van der Waals surface area contributed by atoms with Crippen molar-refractivity contribution in [2.45, 2.75) is 0 Å². The molecule has 19 heavy (non-hydrogen) atoms. The van der Waals surface area contributed by atoms with Crippen molar-refractivity contribution in [3.05, 3.63) is 53.7 Å². The van der Waals surface area contributed by atoms with Crippen LogP contribution in [0.1, 0.15) is 26.5 Å². The molecule has 2 aromatic heterocycles. The van der Waals surface area contributed by atoms with E-state index < -0.39 is 11.8 Å². The second-order valence-electron chi connectivity index (χ2n) is 4.01. The Hall–Kier alpha value is -2.89. The highest BCUT2D eigenvalue weighted by molar-refractivity contribution is 6.18. The van der Waals surface area contributed by atoms with Crippen molar-refractivity contribution in [2.75, 3.05) is 0 Å². The van der Waals surface area contributed by atoms with Gasteiger partial charge in [0, 0.05) is 22.7 Å². The topological polar surface area (TPSA) is 98.8 Å². The highest BCUT2D eigenvalue weighted by Gasteiger charge is 2.22. The van der Waals surface area contributed by atoms with Crippen molar-refractivity contribution >= 4 is 22.7 Å². The van der Waals surface area contributed by atoms with Gasteiger partial charge in [0.05, 0.1) is 6.33 Å². The number of carboxylic acid groups (broad SMARTS) is 1. The fourth-order valence-electron chi connectivity index (χ4n) is 2.02. The zero-order valence-corrected chi connectivity index (χ0v) is 9.68. The first-order valence-corrected chi connectivity index (χ1v) is 5.56. The Balaban J connectivity index is 2.14. The summed E-state index contributed by atoms with van der Waals surface area (Å²) in [7, 11) is 0. The number of para-hydroxylation sites is 1. The number of rotatable bonds is 3. The molecule has 2 heterocycles. The summed E-state index contributed by atoms with van der Waals surface area (Å²) in [6, 6.07) is 7.31. The molecule has 0 bridgehead atoms. The van der Waals surface area contributed by atoms with Crippen molar-refractivity contribution in [3.63, 3.8) is 0 Å². The smallest absolute Gasteiger partial charge is 0.354 e. The van der Waals surface area contributed by atoms with Gasteiger partial charge in [0.1, 0.15) is 5.69 Å².